The molecule has 1 atom stereocenters. The molecule has 0 aromatic heterocycles. The molecule has 1 aliphatic rings. The van der Waals surface area contributed by atoms with E-state index in [1.54, 1.807) is 0 Å². The van der Waals surface area contributed by atoms with Crippen LogP contribution in [0.2, 0.25) is 0 Å². The summed E-state index contributed by atoms with van der Waals surface area (Å²) in [5.41, 5.74) is 8.02. The highest BCUT2D eigenvalue weighted by atomic mass is 16.3. The van der Waals surface area contributed by atoms with E-state index in [0.717, 1.165) is 26.2 Å². The molecule has 1 aromatic rings. The smallest absolute Gasteiger partial charge is 0.0789 e. The number of β-amino-alcohol motifs (C(OH)–C–C–N with tert-alkyl or cyclic N) is 1. The summed E-state index contributed by atoms with van der Waals surface area (Å²) in [6.07, 6.45) is -0.393. The minimum Gasteiger partial charge on any atom is -0.390 e. The molecule has 0 saturated carbocycles. The summed E-state index contributed by atoms with van der Waals surface area (Å²) in [6.45, 7) is 7.16. The molecule has 1 fully saturated rings. The van der Waals surface area contributed by atoms with Crippen molar-refractivity contribution in [3.8, 4) is 0 Å². The summed E-state index contributed by atoms with van der Waals surface area (Å²) in [7, 11) is 0. The van der Waals surface area contributed by atoms with Crippen LogP contribution >= 0.6 is 0 Å². The maximum atomic E-state index is 9.54. The van der Waals surface area contributed by atoms with Gasteiger partial charge in [-0.2, -0.15) is 0 Å². The number of nitrogens with zero attached hydrogens (tertiary/aromatic N) is 2. The number of nitrogens with two attached hydrogens (primary N) is 1. The molecule has 3 N–H and O–H groups in total. The number of hydrogen-bond donors (Lipinski definition) is 2. The van der Waals surface area contributed by atoms with E-state index in [9.17, 15) is 5.11 Å². The van der Waals surface area contributed by atoms with Crippen molar-refractivity contribution in [2.24, 2.45) is 5.73 Å². The lowest BCUT2D eigenvalue weighted by molar-refractivity contribution is 0.115. The lowest BCUT2D eigenvalue weighted by atomic mass is 10.2. The second-order valence-corrected chi connectivity index (χ2v) is 5.01. The first-order chi connectivity index (χ1) is 8.69. The van der Waals surface area contributed by atoms with Crippen LogP contribution in [-0.2, 0) is 0 Å². The molecule has 0 spiro atoms. The van der Waals surface area contributed by atoms with Crippen LogP contribution in [0.5, 0.6) is 0 Å². The van der Waals surface area contributed by atoms with Crippen LogP contribution in [0.3, 0.4) is 0 Å². The highest BCUT2D eigenvalue weighted by Crippen LogP contribution is 2.17. The van der Waals surface area contributed by atoms with Gasteiger partial charge in [0.1, 0.15) is 0 Å². The Morgan fingerprint density at radius 3 is 2.33 bits per heavy atom. The van der Waals surface area contributed by atoms with Crippen molar-refractivity contribution in [3.63, 3.8) is 0 Å². The zero-order valence-electron chi connectivity index (χ0n) is 11.0. The van der Waals surface area contributed by atoms with E-state index < -0.39 is 6.10 Å². The average molecular weight is 249 g/mol. The molecule has 1 heterocycles. The van der Waals surface area contributed by atoms with Gasteiger partial charge in [0.25, 0.3) is 0 Å². The lowest BCUT2D eigenvalue weighted by Crippen LogP contribution is -2.49. The van der Waals surface area contributed by atoms with E-state index in [0.29, 0.717) is 13.1 Å². The van der Waals surface area contributed by atoms with Crippen LogP contribution in [0.4, 0.5) is 5.69 Å². The fraction of sp³-hybridized carbons (Fsp3) is 0.571. The summed E-state index contributed by atoms with van der Waals surface area (Å²) in [6, 6.07) is 8.67. The Labute approximate surface area is 109 Å². The van der Waals surface area contributed by atoms with Gasteiger partial charge in [0.05, 0.1) is 6.10 Å². The molecule has 2 rings (SSSR count). The number of hydrogen-bond acceptors (Lipinski definition) is 4. The van der Waals surface area contributed by atoms with Crippen molar-refractivity contribution in [3.05, 3.63) is 29.8 Å². The zero-order chi connectivity index (χ0) is 13.0. The Balaban J connectivity index is 1.84. The van der Waals surface area contributed by atoms with Gasteiger partial charge >= 0.3 is 0 Å². The number of anilines is 1. The third kappa shape index (κ3) is 3.45. The molecule has 18 heavy (non-hydrogen) atoms. The zero-order valence-corrected chi connectivity index (χ0v) is 11.0. The van der Waals surface area contributed by atoms with Crippen LogP contribution in [-0.4, -0.2) is 55.4 Å². The maximum Gasteiger partial charge on any atom is 0.0789 e. The predicted molar refractivity (Wildman–Crippen MR) is 74.9 cm³/mol. The van der Waals surface area contributed by atoms with Crippen molar-refractivity contribution in [2.75, 3.05) is 44.2 Å². The Bertz CT molecular complexity index is 358. The van der Waals surface area contributed by atoms with Crippen LogP contribution in [0.25, 0.3) is 0 Å². The molecular weight excluding hydrogens is 226 g/mol. The molecule has 1 aromatic carbocycles. The van der Waals surface area contributed by atoms with Crippen LogP contribution in [0.15, 0.2) is 24.3 Å². The molecule has 100 valence electrons. The highest BCUT2D eigenvalue weighted by Gasteiger charge is 2.18. The summed E-state index contributed by atoms with van der Waals surface area (Å²) >= 11 is 0. The van der Waals surface area contributed by atoms with Gasteiger partial charge in [0.15, 0.2) is 0 Å². The topological polar surface area (TPSA) is 52.7 Å². The summed E-state index contributed by atoms with van der Waals surface area (Å²) in [4.78, 5) is 4.67. The summed E-state index contributed by atoms with van der Waals surface area (Å²) in [5.74, 6) is 0. The third-order valence-corrected chi connectivity index (χ3v) is 3.51. The van der Waals surface area contributed by atoms with Gasteiger partial charge in [0.2, 0.25) is 0 Å². The molecule has 1 saturated heterocycles. The first-order valence-corrected chi connectivity index (χ1v) is 6.61. The second kappa shape index (κ2) is 6.18. The van der Waals surface area contributed by atoms with Crippen molar-refractivity contribution in [2.45, 2.75) is 13.0 Å². The Hall–Kier alpha value is -1.10. The van der Waals surface area contributed by atoms with Crippen LogP contribution in [0.1, 0.15) is 5.56 Å². The van der Waals surface area contributed by atoms with Crippen molar-refractivity contribution in [1.82, 2.24) is 4.90 Å². The first kappa shape index (κ1) is 13.3. The van der Waals surface area contributed by atoms with Gasteiger partial charge in [-0.1, -0.05) is 17.7 Å². The Morgan fingerprint density at radius 2 is 1.78 bits per heavy atom. The quantitative estimate of drug-likeness (QED) is 0.813. The van der Waals surface area contributed by atoms with E-state index >= 15 is 0 Å². The average Bonchev–Trinajstić information content (AvgIpc) is 2.40. The van der Waals surface area contributed by atoms with Crippen LogP contribution in [0, 0.1) is 6.92 Å². The van der Waals surface area contributed by atoms with E-state index in [4.69, 9.17) is 5.73 Å². The van der Waals surface area contributed by atoms with Gasteiger partial charge < -0.3 is 15.7 Å². The summed E-state index contributed by atoms with van der Waals surface area (Å²) < 4.78 is 0. The minimum atomic E-state index is -0.393. The van der Waals surface area contributed by atoms with Gasteiger partial charge in [-0.15, -0.1) is 0 Å². The van der Waals surface area contributed by atoms with Crippen molar-refractivity contribution in [1.29, 1.82) is 0 Å². The number of piperazine rings is 1. The number of aryl methyl sites for hydroxylation is 1. The van der Waals surface area contributed by atoms with E-state index in [2.05, 4.69) is 41.0 Å². The predicted octanol–water partition coefficient (Wildman–Crippen LogP) is 0.437. The number of aliphatic hydroxyl groups excluding tert-OH is 1. The molecule has 0 radical (unpaired) electrons. The standard InChI is InChI=1S/C14H23N3O/c1-12-2-4-13(5-3-12)17-8-6-16(7-9-17)11-14(18)10-15/h2-5,14,18H,6-11,15H2,1H3. The Kier molecular flexibility index (Phi) is 4.58. The Morgan fingerprint density at radius 1 is 1.17 bits per heavy atom. The van der Waals surface area contributed by atoms with E-state index in [-0.39, 0.29) is 0 Å². The van der Waals surface area contributed by atoms with Crippen LogP contribution < -0.4 is 10.6 Å². The minimum absolute atomic E-state index is 0.345. The monoisotopic (exact) mass is 249 g/mol. The summed E-state index contributed by atoms with van der Waals surface area (Å²) in [5, 5.41) is 9.54. The fourth-order valence-electron chi connectivity index (χ4n) is 2.32. The first-order valence-electron chi connectivity index (χ1n) is 6.61. The van der Waals surface area contributed by atoms with Gasteiger partial charge in [-0.3, -0.25) is 4.90 Å². The molecule has 1 aliphatic heterocycles. The molecule has 0 amide bonds. The second-order valence-electron chi connectivity index (χ2n) is 5.01. The highest BCUT2D eigenvalue weighted by molar-refractivity contribution is 5.47. The normalized spacial score (nSPS) is 18.9. The molecular formula is C14H23N3O. The maximum absolute atomic E-state index is 9.54. The van der Waals surface area contributed by atoms with Gasteiger partial charge in [0, 0.05) is 45.0 Å². The molecule has 0 aliphatic carbocycles. The largest absolute Gasteiger partial charge is 0.390 e. The number of aliphatic hydroxyl groups is 1. The van der Waals surface area contributed by atoms with Gasteiger partial charge in [-0.05, 0) is 19.1 Å². The molecule has 4 nitrogen and oxygen atoms in total. The molecule has 4 heteroatoms. The van der Waals surface area contributed by atoms with E-state index in [1.807, 2.05) is 0 Å². The van der Waals surface area contributed by atoms with Gasteiger partial charge in [-0.25, -0.2) is 0 Å². The lowest BCUT2D eigenvalue weighted by Gasteiger charge is -2.36. The fourth-order valence-corrected chi connectivity index (χ4v) is 2.32. The molecule has 1 unspecified atom stereocenters. The van der Waals surface area contributed by atoms with Crippen molar-refractivity contribution >= 4 is 5.69 Å². The number of rotatable bonds is 4. The van der Waals surface area contributed by atoms with E-state index in [1.165, 1.54) is 11.3 Å². The third-order valence-electron chi connectivity index (χ3n) is 3.51. The number of benzene rings is 1. The van der Waals surface area contributed by atoms with Crippen molar-refractivity contribution < 1.29 is 5.11 Å². The molecule has 0 bridgehead atoms. The SMILES string of the molecule is Cc1ccc(N2CCN(CC(O)CN)CC2)cc1.